The number of halogens is 2. The van der Waals surface area contributed by atoms with Gasteiger partial charge < -0.3 is 25.8 Å². The van der Waals surface area contributed by atoms with Crippen molar-refractivity contribution in [2.24, 2.45) is 0 Å². The molecule has 8 nitrogen and oxygen atoms in total. The number of carbonyl (C=O) groups excluding carboxylic acids is 1. The summed E-state index contributed by atoms with van der Waals surface area (Å²) in [5.41, 5.74) is 1.58. The molecule has 10 heteroatoms. The maximum atomic E-state index is 14.0. The fourth-order valence-electron chi connectivity index (χ4n) is 3.89. The zero-order valence-electron chi connectivity index (χ0n) is 19.4. The highest BCUT2D eigenvalue weighted by molar-refractivity contribution is 6.07. The van der Waals surface area contributed by atoms with Gasteiger partial charge in [-0.15, -0.1) is 0 Å². The average Bonchev–Trinajstić information content (AvgIpc) is 3.67. The van der Waals surface area contributed by atoms with E-state index in [2.05, 4.69) is 54.9 Å². The molecule has 0 radical (unpaired) electrons. The minimum absolute atomic E-state index is 0.107. The topological polar surface area (TPSA) is 85.4 Å². The standard InChI is InChI=1S/C25H27F2N7O/c1-33-11-13-34(14-12-33)18-9-7-17(8-10-18)30-25-28-15-19(23(32-25)29-16-5-6-16)24(35)31-22-20(26)3-2-4-21(22)27/h2-4,7-10,15-16H,5-6,11-14H2,1H3,(H,31,35)(H2,28,29,30,32). The number of anilines is 5. The van der Waals surface area contributed by atoms with E-state index in [1.165, 1.54) is 12.3 Å². The van der Waals surface area contributed by atoms with E-state index in [1.54, 1.807) is 0 Å². The molecule has 1 saturated carbocycles. The first-order valence-electron chi connectivity index (χ1n) is 11.7. The number of nitrogens with one attached hydrogen (secondary N) is 3. The molecule has 0 bridgehead atoms. The number of carbonyl (C=O) groups is 1. The van der Waals surface area contributed by atoms with Crippen LogP contribution >= 0.6 is 0 Å². The molecule has 1 aromatic heterocycles. The molecular formula is C25H27F2N7O. The number of rotatable bonds is 7. The minimum atomic E-state index is -0.853. The maximum absolute atomic E-state index is 14.0. The van der Waals surface area contributed by atoms with Crippen LogP contribution in [-0.2, 0) is 0 Å². The smallest absolute Gasteiger partial charge is 0.261 e. The molecule has 2 fully saturated rings. The molecule has 1 aliphatic heterocycles. The Morgan fingerprint density at radius 2 is 1.69 bits per heavy atom. The van der Waals surface area contributed by atoms with Crippen molar-refractivity contribution in [2.45, 2.75) is 18.9 Å². The first kappa shape index (κ1) is 23.0. The van der Waals surface area contributed by atoms with Crippen LogP contribution in [0.25, 0.3) is 0 Å². The van der Waals surface area contributed by atoms with E-state index in [0.717, 1.165) is 62.5 Å². The third kappa shape index (κ3) is 5.48. The number of piperazine rings is 1. The van der Waals surface area contributed by atoms with Gasteiger partial charge in [-0.3, -0.25) is 4.79 Å². The highest BCUT2D eigenvalue weighted by Gasteiger charge is 2.25. The SMILES string of the molecule is CN1CCN(c2ccc(Nc3ncc(C(=O)Nc4c(F)cccc4F)c(NC4CC4)n3)cc2)CC1. The van der Waals surface area contributed by atoms with Crippen molar-refractivity contribution in [3.05, 3.63) is 65.9 Å². The van der Waals surface area contributed by atoms with Gasteiger partial charge in [0, 0.05) is 49.8 Å². The second kappa shape index (κ2) is 9.83. The summed E-state index contributed by atoms with van der Waals surface area (Å²) in [6, 6.07) is 11.7. The van der Waals surface area contributed by atoms with E-state index >= 15 is 0 Å². The quantitative estimate of drug-likeness (QED) is 0.471. The van der Waals surface area contributed by atoms with Crippen molar-refractivity contribution >= 4 is 34.7 Å². The zero-order chi connectivity index (χ0) is 24.4. The predicted octanol–water partition coefficient (Wildman–Crippen LogP) is 4.08. The Bertz CT molecular complexity index is 1190. The number of aromatic nitrogens is 2. The number of nitrogens with zero attached hydrogens (tertiary/aromatic N) is 4. The van der Waals surface area contributed by atoms with Crippen LogP contribution in [0.1, 0.15) is 23.2 Å². The van der Waals surface area contributed by atoms with Gasteiger partial charge in [-0.25, -0.2) is 13.8 Å². The van der Waals surface area contributed by atoms with Crippen molar-refractivity contribution < 1.29 is 13.6 Å². The lowest BCUT2D eigenvalue weighted by molar-refractivity contribution is 0.102. The van der Waals surface area contributed by atoms with E-state index in [-0.39, 0.29) is 11.6 Å². The predicted molar refractivity (Wildman–Crippen MR) is 132 cm³/mol. The van der Waals surface area contributed by atoms with Crippen LogP contribution in [0.5, 0.6) is 0 Å². The monoisotopic (exact) mass is 479 g/mol. The van der Waals surface area contributed by atoms with Crippen LogP contribution < -0.4 is 20.9 Å². The molecule has 3 aromatic rings. The number of hydrogen-bond acceptors (Lipinski definition) is 7. The van der Waals surface area contributed by atoms with Gasteiger partial charge in [-0.1, -0.05) is 6.07 Å². The number of amides is 1. The molecule has 182 valence electrons. The van der Waals surface area contributed by atoms with E-state index < -0.39 is 23.2 Å². The third-order valence-electron chi connectivity index (χ3n) is 6.14. The Morgan fingerprint density at radius 3 is 2.34 bits per heavy atom. The largest absolute Gasteiger partial charge is 0.369 e. The maximum Gasteiger partial charge on any atom is 0.261 e. The fourth-order valence-corrected chi connectivity index (χ4v) is 3.89. The number of para-hydroxylation sites is 1. The average molecular weight is 480 g/mol. The van der Waals surface area contributed by atoms with Gasteiger partial charge >= 0.3 is 0 Å². The van der Waals surface area contributed by atoms with Crippen LogP contribution in [-0.4, -0.2) is 60.0 Å². The van der Waals surface area contributed by atoms with Crippen molar-refractivity contribution in [2.75, 3.05) is 54.1 Å². The molecule has 1 saturated heterocycles. The lowest BCUT2D eigenvalue weighted by Gasteiger charge is -2.34. The molecule has 2 aromatic carbocycles. The Labute approximate surface area is 202 Å². The number of benzene rings is 2. The number of likely N-dealkylation sites (N-methyl/N-ethyl adjacent to an activating group) is 1. The fraction of sp³-hybridized carbons (Fsp3) is 0.320. The van der Waals surface area contributed by atoms with Gasteiger partial charge in [-0.05, 0) is 56.3 Å². The second-order valence-corrected chi connectivity index (χ2v) is 8.89. The Morgan fingerprint density at radius 1 is 1.00 bits per heavy atom. The van der Waals surface area contributed by atoms with Crippen LogP contribution in [0.3, 0.4) is 0 Å². The summed E-state index contributed by atoms with van der Waals surface area (Å²) in [5.74, 6) is -1.77. The summed E-state index contributed by atoms with van der Waals surface area (Å²) in [4.78, 5) is 26.2. The van der Waals surface area contributed by atoms with Crippen LogP contribution in [0.2, 0.25) is 0 Å². The van der Waals surface area contributed by atoms with Crippen molar-refractivity contribution in [3.63, 3.8) is 0 Å². The normalized spacial score (nSPS) is 16.1. The molecule has 2 heterocycles. The van der Waals surface area contributed by atoms with Crippen molar-refractivity contribution in [3.8, 4) is 0 Å². The number of hydrogen-bond donors (Lipinski definition) is 3. The Hall–Kier alpha value is -3.79. The molecule has 0 spiro atoms. The molecule has 2 aliphatic rings. The highest BCUT2D eigenvalue weighted by Crippen LogP contribution is 2.28. The molecule has 1 aliphatic carbocycles. The second-order valence-electron chi connectivity index (χ2n) is 8.89. The summed E-state index contributed by atoms with van der Waals surface area (Å²) < 4.78 is 28.0. The Balaban J connectivity index is 1.32. The summed E-state index contributed by atoms with van der Waals surface area (Å²) in [7, 11) is 2.13. The molecule has 35 heavy (non-hydrogen) atoms. The summed E-state index contributed by atoms with van der Waals surface area (Å²) >= 11 is 0. The van der Waals surface area contributed by atoms with Gasteiger partial charge in [0.05, 0.1) is 0 Å². The highest BCUT2D eigenvalue weighted by atomic mass is 19.1. The first-order valence-corrected chi connectivity index (χ1v) is 11.7. The van der Waals surface area contributed by atoms with E-state index in [4.69, 9.17) is 0 Å². The van der Waals surface area contributed by atoms with Gasteiger partial charge in [0.15, 0.2) is 0 Å². The Kier molecular flexibility index (Phi) is 6.45. The molecule has 3 N–H and O–H groups in total. The van der Waals surface area contributed by atoms with Crippen molar-refractivity contribution in [1.82, 2.24) is 14.9 Å². The lowest BCUT2D eigenvalue weighted by atomic mass is 10.2. The third-order valence-corrected chi connectivity index (χ3v) is 6.14. The molecule has 1 amide bonds. The van der Waals surface area contributed by atoms with Gasteiger partial charge in [-0.2, -0.15) is 4.98 Å². The van der Waals surface area contributed by atoms with Gasteiger partial charge in [0.25, 0.3) is 5.91 Å². The van der Waals surface area contributed by atoms with Crippen LogP contribution in [0, 0.1) is 11.6 Å². The first-order chi connectivity index (χ1) is 17.0. The molecule has 0 unspecified atom stereocenters. The summed E-state index contributed by atoms with van der Waals surface area (Å²) in [6.45, 7) is 4.05. The minimum Gasteiger partial charge on any atom is -0.369 e. The van der Waals surface area contributed by atoms with Crippen LogP contribution in [0.15, 0.2) is 48.7 Å². The van der Waals surface area contributed by atoms with E-state index in [0.29, 0.717) is 11.8 Å². The van der Waals surface area contributed by atoms with Gasteiger partial charge in [0.2, 0.25) is 5.95 Å². The van der Waals surface area contributed by atoms with E-state index in [9.17, 15) is 13.6 Å². The zero-order valence-corrected chi connectivity index (χ0v) is 19.4. The summed E-state index contributed by atoms with van der Waals surface area (Å²) in [6.07, 6.45) is 3.28. The van der Waals surface area contributed by atoms with Crippen molar-refractivity contribution in [1.29, 1.82) is 0 Å². The molecular weight excluding hydrogens is 452 g/mol. The van der Waals surface area contributed by atoms with E-state index in [1.807, 2.05) is 12.1 Å². The van der Waals surface area contributed by atoms with Crippen LogP contribution in [0.4, 0.5) is 37.6 Å². The van der Waals surface area contributed by atoms with Gasteiger partial charge in [0.1, 0.15) is 28.7 Å². The molecule has 5 rings (SSSR count). The molecule has 0 atom stereocenters. The lowest BCUT2D eigenvalue weighted by Crippen LogP contribution is -2.44. The summed E-state index contributed by atoms with van der Waals surface area (Å²) in [5, 5.41) is 8.68.